The number of rotatable bonds is 2. The van der Waals surface area contributed by atoms with E-state index in [-0.39, 0.29) is 38.7 Å². The molecule has 0 heterocycles. The largest absolute Gasteiger partial charge is 0.640 e. The van der Waals surface area contributed by atoms with Gasteiger partial charge in [0.15, 0.2) is 0 Å². The Hall–Kier alpha value is 0.494. The Balaban J connectivity index is -0.000000107. The van der Waals surface area contributed by atoms with Gasteiger partial charge in [0.1, 0.15) is 0 Å². The van der Waals surface area contributed by atoms with E-state index in [1.807, 2.05) is 14.1 Å². The van der Waals surface area contributed by atoms with Gasteiger partial charge < -0.3 is 15.4 Å². The fourth-order valence-electron chi connectivity index (χ4n) is 0.177. The summed E-state index contributed by atoms with van der Waals surface area (Å²) in [4.78, 5) is 9.53. The van der Waals surface area contributed by atoms with Crippen LogP contribution in [0.3, 0.4) is 0 Å². The molecular formula is C6H15N2O2Y-. The molecule has 0 aromatic rings. The van der Waals surface area contributed by atoms with Gasteiger partial charge in [-0.05, 0) is 14.1 Å². The van der Waals surface area contributed by atoms with Crippen LogP contribution in [0.2, 0.25) is 0 Å². The predicted molar refractivity (Wildman–Crippen MR) is 40.1 cm³/mol. The van der Waals surface area contributed by atoms with Crippen LogP contribution in [-0.2, 0) is 42.2 Å². The molecule has 0 atom stereocenters. The molecule has 5 heteroatoms. The SMILES string of the molecule is CNCNC.[CH2-]OC(C)=O.[Y]. The first kappa shape index (κ1) is 17.5. The third-order valence-corrected chi connectivity index (χ3v) is 0.557. The van der Waals surface area contributed by atoms with Crippen LogP contribution < -0.4 is 10.6 Å². The molecule has 0 fully saturated rings. The van der Waals surface area contributed by atoms with Gasteiger partial charge >= 0.3 is 0 Å². The summed E-state index contributed by atoms with van der Waals surface area (Å²) in [6, 6.07) is 0. The summed E-state index contributed by atoms with van der Waals surface area (Å²) in [5.74, 6) is -0.356. The maximum atomic E-state index is 9.53. The van der Waals surface area contributed by atoms with Crippen molar-refractivity contribution < 1.29 is 42.2 Å². The molecule has 0 amide bonds. The zero-order valence-corrected chi connectivity index (χ0v) is 10.1. The summed E-state index contributed by atoms with van der Waals surface area (Å²) in [6.45, 7) is 2.19. The molecule has 0 unspecified atom stereocenters. The number of hydrogen-bond donors (Lipinski definition) is 2. The van der Waals surface area contributed by atoms with E-state index in [0.29, 0.717) is 0 Å². The molecule has 0 saturated heterocycles. The van der Waals surface area contributed by atoms with Crippen molar-refractivity contribution in [1.82, 2.24) is 10.6 Å². The number of ether oxygens (including phenoxy) is 1. The number of hydrogen-bond acceptors (Lipinski definition) is 4. The fourth-order valence-corrected chi connectivity index (χ4v) is 0.177. The molecule has 0 saturated carbocycles. The first-order valence-corrected chi connectivity index (χ1v) is 2.90. The van der Waals surface area contributed by atoms with Gasteiger partial charge in [0.2, 0.25) is 0 Å². The second-order valence-electron chi connectivity index (χ2n) is 1.52. The molecule has 0 aliphatic heterocycles. The summed E-state index contributed by atoms with van der Waals surface area (Å²) >= 11 is 0. The van der Waals surface area contributed by atoms with Crippen molar-refractivity contribution in [1.29, 1.82) is 0 Å². The van der Waals surface area contributed by atoms with Gasteiger partial charge in [-0.2, -0.15) is 7.11 Å². The minimum Gasteiger partial charge on any atom is -0.640 e. The third kappa shape index (κ3) is 37.5. The van der Waals surface area contributed by atoms with Gasteiger partial charge in [-0.1, -0.05) is 0 Å². The molecule has 1 radical (unpaired) electrons. The van der Waals surface area contributed by atoms with Gasteiger partial charge in [-0.15, -0.1) is 0 Å². The van der Waals surface area contributed by atoms with E-state index in [2.05, 4.69) is 22.5 Å². The van der Waals surface area contributed by atoms with E-state index in [4.69, 9.17) is 0 Å². The molecule has 0 bridgehead atoms. The fraction of sp³-hybridized carbons (Fsp3) is 0.667. The van der Waals surface area contributed by atoms with E-state index < -0.39 is 0 Å². The zero-order valence-electron chi connectivity index (χ0n) is 7.31. The van der Waals surface area contributed by atoms with Crippen molar-refractivity contribution in [2.24, 2.45) is 0 Å². The predicted octanol–water partition coefficient (Wildman–Crippen LogP) is -0.279. The minimum atomic E-state index is -0.356. The van der Waals surface area contributed by atoms with Crippen LogP contribution in [0.1, 0.15) is 6.92 Å². The quantitative estimate of drug-likeness (QED) is 0.393. The van der Waals surface area contributed by atoms with E-state index >= 15 is 0 Å². The number of carbonyl (C=O) groups is 1. The molecule has 65 valence electrons. The maximum absolute atomic E-state index is 9.53. The average Bonchev–Trinajstić information content (AvgIpc) is 1.91. The molecule has 4 nitrogen and oxygen atoms in total. The van der Waals surface area contributed by atoms with Gasteiger partial charge in [0.05, 0.1) is 0 Å². The summed E-state index contributed by atoms with van der Waals surface area (Å²) < 4.78 is 3.86. The van der Waals surface area contributed by atoms with Crippen LogP contribution >= 0.6 is 0 Å². The molecule has 0 aromatic heterocycles. The zero-order chi connectivity index (χ0) is 8.41. The number of esters is 1. The summed E-state index contributed by atoms with van der Waals surface area (Å²) in [5, 5.41) is 5.81. The molecule has 0 aromatic carbocycles. The van der Waals surface area contributed by atoms with E-state index in [1.54, 1.807) is 0 Å². The smallest absolute Gasteiger partial charge is 0.270 e. The Bertz CT molecular complexity index is 79.0. The topological polar surface area (TPSA) is 50.4 Å². The summed E-state index contributed by atoms with van der Waals surface area (Å²) in [7, 11) is 6.63. The minimum absolute atomic E-state index is 0. The van der Waals surface area contributed by atoms with Crippen LogP contribution in [-0.4, -0.2) is 26.7 Å². The van der Waals surface area contributed by atoms with Crippen LogP contribution in [0.25, 0.3) is 0 Å². The Morgan fingerprint density at radius 3 is 1.73 bits per heavy atom. The molecule has 0 rings (SSSR count). The van der Waals surface area contributed by atoms with E-state index in [0.717, 1.165) is 6.67 Å². The Kier molecular flexibility index (Phi) is 26.9. The first-order valence-electron chi connectivity index (χ1n) is 2.90. The van der Waals surface area contributed by atoms with Gasteiger partial charge in [-0.3, -0.25) is 4.79 Å². The first-order chi connectivity index (χ1) is 4.68. The van der Waals surface area contributed by atoms with Gasteiger partial charge in [-0.25, -0.2) is 0 Å². The summed E-state index contributed by atoms with van der Waals surface area (Å²) in [5.41, 5.74) is 0. The van der Waals surface area contributed by atoms with Crippen LogP contribution in [0.15, 0.2) is 0 Å². The second-order valence-corrected chi connectivity index (χ2v) is 1.52. The van der Waals surface area contributed by atoms with Crippen LogP contribution in [0, 0.1) is 7.11 Å². The second kappa shape index (κ2) is 16.8. The normalized spacial score (nSPS) is 6.91. The van der Waals surface area contributed by atoms with Crippen molar-refractivity contribution in [3.63, 3.8) is 0 Å². The molecule has 0 spiro atoms. The molecule has 11 heavy (non-hydrogen) atoms. The van der Waals surface area contributed by atoms with Crippen molar-refractivity contribution in [2.75, 3.05) is 20.8 Å². The van der Waals surface area contributed by atoms with Crippen LogP contribution in [0.5, 0.6) is 0 Å². The maximum Gasteiger partial charge on any atom is 0.270 e. The van der Waals surface area contributed by atoms with Crippen LogP contribution in [0.4, 0.5) is 0 Å². The molecular weight excluding hydrogens is 221 g/mol. The van der Waals surface area contributed by atoms with E-state index in [1.165, 1.54) is 6.92 Å². The Morgan fingerprint density at radius 1 is 1.45 bits per heavy atom. The van der Waals surface area contributed by atoms with Gasteiger partial charge in [0.25, 0.3) is 5.97 Å². The van der Waals surface area contributed by atoms with Crippen molar-refractivity contribution in [3.05, 3.63) is 7.11 Å². The van der Waals surface area contributed by atoms with Crippen molar-refractivity contribution in [2.45, 2.75) is 6.92 Å². The van der Waals surface area contributed by atoms with Crippen molar-refractivity contribution >= 4 is 5.97 Å². The third-order valence-electron chi connectivity index (χ3n) is 0.557. The van der Waals surface area contributed by atoms with Crippen molar-refractivity contribution in [3.8, 4) is 0 Å². The monoisotopic (exact) mass is 236 g/mol. The molecule has 2 N–H and O–H groups in total. The van der Waals surface area contributed by atoms with Gasteiger partial charge in [0, 0.05) is 46.3 Å². The Morgan fingerprint density at radius 2 is 1.73 bits per heavy atom. The van der Waals surface area contributed by atoms with E-state index in [9.17, 15) is 4.79 Å². The summed E-state index contributed by atoms with van der Waals surface area (Å²) in [6.07, 6.45) is 0. The standard InChI is InChI=1S/C3H10N2.C3H5O2.Y/c1-4-3-5-2;1-3(4)5-2;/h4-5H,3H2,1-2H3;2H2,1H3;/q;-1;. The average molecular weight is 236 g/mol. The number of carbonyl (C=O) groups excluding carboxylic acids is 1. The number of nitrogens with one attached hydrogen (secondary N) is 2. The Labute approximate surface area is 93.3 Å². The molecule has 0 aliphatic carbocycles. The molecule has 0 aliphatic rings.